The smallest absolute Gasteiger partial charge is 0.105 e. The van der Waals surface area contributed by atoms with Crippen LogP contribution in [0, 0.1) is 0 Å². The molecule has 1 rings (SSSR count). The summed E-state index contributed by atoms with van der Waals surface area (Å²) in [5, 5.41) is 28.2. The zero-order chi connectivity index (χ0) is 12.7. The van der Waals surface area contributed by atoms with Crippen molar-refractivity contribution in [3.8, 4) is 0 Å². The van der Waals surface area contributed by atoms with E-state index in [1.54, 1.807) is 0 Å². The average Bonchev–Trinajstić information content (AvgIpc) is 2.36. The summed E-state index contributed by atoms with van der Waals surface area (Å²) in [5.41, 5.74) is 1.84. The van der Waals surface area contributed by atoms with E-state index >= 15 is 0 Å². The Morgan fingerprint density at radius 2 is 1.76 bits per heavy atom. The van der Waals surface area contributed by atoms with Crippen LogP contribution in [0.15, 0.2) is 24.3 Å². The summed E-state index contributed by atoms with van der Waals surface area (Å²) in [6, 6.07) is 7.47. The Balaban J connectivity index is 2.60. The van der Waals surface area contributed by atoms with Crippen LogP contribution in [0.5, 0.6) is 0 Å². The fourth-order valence-electron chi connectivity index (χ4n) is 1.68. The van der Waals surface area contributed by atoms with E-state index in [2.05, 4.69) is 12.6 Å². The second kappa shape index (κ2) is 7.71. The zero-order valence-electron chi connectivity index (χ0n) is 9.79. The molecule has 1 aromatic rings. The first-order valence-corrected chi connectivity index (χ1v) is 6.49. The van der Waals surface area contributed by atoms with E-state index < -0.39 is 12.2 Å². The standard InChI is InChI=1S/C13H20O3S/c14-8-1-2-10-3-5-11(6-4-10)13(16)12(15)7-9-17/h3-6,12-17H,1-2,7-9H2. The number of aliphatic hydroxyl groups excluding tert-OH is 3. The molecule has 0 aliphatic rings. The second-order valence-corrected chi connectivity index (χ2v) is 4.54. The molecular weight excluding hydrogens is 236 g/mol. The molecular formula is C13H20O3S. The molecule has 0 fully saturated rings. The SMILES string of the molecule is OCCCc1ccc(C(O)C(O)CCS)cc1. The maximum absolute atomic E-state index is 9.86. The highest BCUT2D eigenvalue weighted by Gasteiger charge is 2.17. The molecule has 0 saturated heterocycles. The fraction of sp³-hybridized carbons (Fsp3) is 0.538. The largest absolute Gasteiger partial charge is 0.396 e. The van der Waals surface area contributed by atoms with Crippen LogP contribution in [0.3, 0.4) is 0 Å². The lowest BCUT2D eigenvalue weighted by Gasteiger charge is -2.17. The Morgan fingerprint density at radius 3 is 2.29 bits per heavy atom. The van der Waals surface area contributed by atoms with Crippen LogP contribution >= 0.6 is 12.6 Å². The van der Waals surface area contributed by atoms with Crippen LogP contribution in [0.25, 0.3) is 0 Å². The molecule has 0 aliphatic carbocycles. The van der Waals surface area contributed by atoms with Gasteiger partial charge in [0.25, 0.3) is 0 Å². The van der Waals surface area contributed by atoms with Gasteiger partial charge < -0.3 is 15.3 Å². The van der Waals surface area contributed by atoms with Crippen molar-refractivity contribution in [2.45, 2.75) is 31.5 Å². The molecule has 2 atom stereocenters. The van der Waals surface area contributed by atoms with Crippen molar-refractivity contribution in [1.29, 1.82) is 0 Å². The number of hydrogen-bond donors (Lipinski definition) is 4. The van der Waals surface area contributed by atoms with Crippen LogP contribution in [0.2, 0.25) is 0 Å². The molecule has 0 aromatic heterocycles. The molecule has 0 saturated carbocycles. The van der Waals surface area contributed by atoms with Gasteiger partial charge in [0.2, 0.25) is 0 Å². The Hall–Kier alpha value is -0.550. The molecule has 2 unspecified atom stereocenters. The maximum Gasteiger partial charge on any atom is 0.105 e. The van der Waals surface area contributed by atoms with Gasteiger partial charge in [-0.15, -0.1) is 0 Å². The first kappa shape index (κ1) is 14.5. The summed E-state index contributed by atoms with van der Waals surface area (Å²) in [6.07, 6.45) is 0.414. The molecule has 1 aromatic carbocycles. The summed E-state index contributed by atoms with van der Waals surface area (Å²) < 4.78 is 0. The van der Waals surface area contributed by atoms with Crippen LogP contribution in [0.1, 0.15) is 30.1 Å². The van der Waals surface area contributed by atoms with Crippen LogP contribution in [-0.2, 0) is 6.42 Å². The van der Waals surface area contributed by atoms with Crippen molar-refractivity contribution in [2.75, 3.05) is 12.4 Å². The monoisotopic (exact) mass is 256 g/mol. The van der Waals surface area contributed by atoms with E-state index in [0.717, 1.165) is 18.4 Å². The van der Waals surface area contributed by atoms with Gasteiger partial charge in [0.15, 0.2) is 0 Å². The molecule has 17 heavy (non-hydrogen) atoms. The van der Waals surface area contributed by atoms with Gasteiger partial charge in [-0.1, -0.05) is 24.3 Å². The summed E-state index contributed by atoms with van der Waals surface area (Å²) in [4.78, 5) is 0. The van der Waals surface area contributed by atoms with Gasteiger partial charge in [-0.25, -0.2) is 0 Å². The van der Waals surface area contributed by atoms with Crippen molar-refractivity contribution >= 4 is 12.6 Å². The van der Waals surface area contributed by atoms with Gasteiger partial charge in [-0.2, -0.15) is 12.6 Å². The number of rotatable bonds is 7. The number of thiol groups is 1. The molecule has 0 bridgehead atoms. The zero-order valence-corrected chi connectivity index (χ0v) is 10.7. The molecule has 0 radical (unpaired) electrons. The maximum atomic E-state index is 9.86. The highest BCUT2D eigenvalue weighted by atomic mass is 32.1. The number of hydrogen-bond acceptors (Lipinski definition) is 4. The summed E-state index contributed by atoms with van der Waals surface area (Å²) in [5.74, 6) is 0.548. The van der Waals surface area contributed by atoms with Gasteiger partial charge in [-0.3, -0.25) is 0 Å². The van der Waals surface area contributed by atoms with Gasteiger partial charge >= 0.3 is 0 Å². The Morgan fingerprint density at radius 1 is 1.12 bits per heavy atom. The predicted molar refractivity (Wildman–Crippen MR) is 71.3 cm³/mol. The first-order valence-electron chi connectivity index (χ1n) is 5.85. The number of aryl methyl sites for hydroxylation is 1. The topological polar surface area (TPSA) is 60.7 Å². The minimum Gasteiger partial charge on any atom is -0.396 e. The normalized spacial score (nSPS) is 14.6. The molecule has 0 amide bonds. The van der Waals surface area contributed by atoms with Crippen molar-refractivity contribution in [1.82, 2.24) is 0 Å². The van der Waals surface area contributed by atoms with Gasteiger partial charge in [0, 0.05) is 6.61 Å². The Bertz CT molecular complexity index is 313. The Labute approximate surface area is 108 Å². The van der Waals surface area contributed by atoms with Gasteiger partial charge in [0.05, 0.1) is 6.10 Å². The van der Waals surface area contributed by atoms with Gasteiger partial charge in [-0.05, 0) is 36.1 Å². The lowest BCUT2D eigenvalue weighted by molar-refractivity contribution is 0.0172. The molecule has 0 spiro atoms. The number of aliphatic hydroxyl groups is 3. The van der Waals surface area contributed by atoms with E-state index in [1.807, 2.05) is 24.3 Å². The number of benzene rings is 1. The van der Waals surface area contributed by atoms with Crippen molar-refractivity contribution in [3.63, 3.8) is 0 Å². The predicted octanol–water partition coefficient (Wildman–Crippen LogP) is 1.33. The molecule has 4 heteroatoms. The van der Waals surface area contributed by atoms with E-state index in [4.69, 9.17) is 5.11 Å². The highest BCUT2D eigenvalue weighted by molar-refractivity contribution is 7.80. The third-order valence-corrected chi connectivity index (χ3v) is 2.99. The van der Waals surface area contributed by atoms with Crippen LogP contribution < -0.4 is 0 Å². The van der Waals surface area contributed by atoms with Crippen molar-refractivity contribution < 1.29 is 15.3 Å². The lowest BCUT2D eigenvalue weighted by atomic mass is 10.00. The molecule has 0 heterocycles. The first-order chi connectivity index (χ1) is 8.19. The molecule has 3 N–H and O–H groups in total. The van der Waals surface area contributed by atoms with Crippen LogP contribution in [-0.4, -0.2) is 33.8 Å². The highest BCUT2D eigenvalue weighted by Crippen LogP contribution is 2.20. The summed E-state index contributed by atoms with van der Waals surface area (Å²) in [6.45, 7) is 0.186. The molecule has 3 nitrogen and oxygen atoms in total. The van der Waals surface area contributed by atoms with E-state index in [0.29, 0.717) is 17.7 Å². The van der Waals surface area contributed by atoms with Gasteiger partial charge in [0.1, 0.15) is 6.10 Å². The molecule has 0 aliphatic heterocycles. The minimum atomic E-state index is -0.853. The van der Waals surface area contributed by atoms with Crippen molar-refractivity contribution in [2.24, 2.45) is 0 Å². The van der Waals surface area contributed by atoms with E-state index in [-0.39, 0.29) is 6.61 Å². The van der Waals surface area contributed by atoms with E-state index in [9.17, 15) is 10.2 Å². The average molecular weight is 256 g/mol. The Kier molecular flexibility index (Phi) is 6.58. The fourth-order valence-corrected chi connectivity index (χ4v) is 1.94. The van der Waals surface area contributed by atoms with Crippen molar-refractivity contribution in [3.05, 3.63) is 35.4 Å². The molecule has 96 valence electrons. The summed E-state index contributed by atoms with van der Waals surface area (Å²) >= 11 is 4.03. The van der Waals surface area contributed by atoms with E-state index in [1.165, 1.54) is 0 Å². The third kappa shape index (κ3) is 4.68. The lowest BCUT2D eigenvalue weighted by Crippen LogP contribution is -2.18. The third-order valence-electron chi connectivity index (χ3n) is 2.73. The quantitative estimate of drug-likeness (QED) is 0.557. The minimum absolute atomic E-state index is 0.186. The second-order valence-electron chi connectivity index (χ2n) is 4.09. The van der Waals surface area contributed by atoms with Crippen LogP contribution in [0.4, 0.5) is 0 Å². The summed E-state index contributed by atoms with van der Waals surface area (Å²) in [7, 11) is 0.